The third-order valence-electron chi connectivity index (χ3n) is 7.54. The maximum atomic E-state index is 13.7. The third kappa shape index (κ3) is 5.10. The van der Waals surface area contributed by atoms with Crippen LogP contribution >= 0.6 is 11.6 Å². The molecule has 0 saturated carbocycles. The molecule has 0 aliphatic carbocycles. The van der Waals surface area contributed by atoms with E-state index in [0.29, 0.717) is 58.9 Å². The molecule has 1 aromatic heterocycles. The molecule has 6 rings (SSSR count). The van der Waals surface area contributed by atoms with E-state index in [0.717, 1.165) is 15.8 Å². The van der Waals surface area contributed by atoms with Gasteiger partial charge in [0, 0.05) is 59.5 Å². The van der Waals surface area contributed by atoms with E-state index in [-0.39, 0.29) is 17.3 Å². The minimum atomic E-state index is -0.511. The fourth-order valence-corrected chi connectivity index (χ4v) is 5.38. The van der Waals surface area contributed by atoms with Crippen LogP contribution in [0.15, 0.2) is 95.8 Å². The highest BCUT2D eigenvalue weighted by molar-refractivity contribution is 6.30. The quantitative estimate of drug-likeness (QED) is 0.190. The second kappa shape index (κ2) is 11.1. The van der Waals surface area contributed by atoms with E-state index in [4.69, 9.17) is 11.6 Å². The molecule has 1 amide bonds. The molecule has 1 aliphatic heterocycles. The molecule has 0 unspecified atom stereocenters. The SMILES string of the molecule is Cc1ccc(C(=O)N2CCN(c3ccc([N+](=O)[O-])c(-n4nc(-c5ccc(Cl)cc5)c5ccccc5c4=O)c3)CC2)cc1. The highest BCUT2D eigenvalue weighted by Gasteiger charge is 2.26. The van der Waals surface area contributed by atoms with Crippen molar-refractivity contribution in [2.24, 2.45) is 0 Å². The van der Waals surface area contributed by atoms with E-state index < -0.39 is 10.5 Å². The number of nitro groups is 1. The lowest BCUT2D eigenvalue weighted by Gasteiger charge is -2.36. The van der Waals surface area contributed by atoms with Gasteiger partial charge in [-0.05, 0) is 49.4 Å². The summed E-state index contributed by atoms with van der Waals surface area (Å²) in [7, 11) is 0. The van der Waals surface area contributed by atoms with Crippen LogP contribution in [0.5, 0.6) is 0 Å². The van der Waals surface area contributed by atoms with Crippen LogP contribution in [0.3, 0.4) is 0 Å². The number of amides is 1. The van der Waals surface area contributed by atoms with Crippen molar-refractivity contribution in [3.8, 4) is 16.9 Å². The monoisotopic (exact) mass is 579 g/mol. The molecule has 9 nitrogen and oxygen atoms in total. The van der Waals surface area contributed by atoms with Crippen molar-refractivity contribution >= 4 is 39.7 Å². The van der Waals surface area contributed by atoms with E-state index in [1.54, 1.807) is 59.5 Å². The third-order valence-corrected chi connectivity index (χ3v) is 7.79. The number of rotatable bonds is 5. The Morgan fingerprint density at radius 3 is 2.21 bits per heavy atom. The average Bonchev–Trinajstić information content (AvgIpc) is 3.02. The Bertz CT molecular complexity index is 1880. The van der Waals surface area contributed by atoms with Crippen LogP contribution in [-0.2, 0) is 0 Å². The van der Waals surface area contributed by atoms with Crippen LogP contribution in [-0.4, -0.2) is 51.7 Å². The molecule has 0 spiro atoms. The second-order valence-electron chi connectivity index (χ2n) is 10.2. The van der Waals surface area contributed by atoms with Crippen molar-refractivity contribution in [3.05, 3.63) is 128 Å². The standard InChI is InChI=1S/C32H26ClN5O4/c1-21-6-8-23(9-7-21)31(39)36-18-16-35(17-19-36)25-14-15-28(38(41)42)29(20-25)37-32(40)27-5-3-2-4-26(27)30(34-37)22-10-12-24(33)13-11-22/h2-15,20H,16-19H2,1H3. The summed E-state index contributed by atoms with van der Waals surface area (Å²) in [6, 6.07) is 26.3. The zero-order valence-electron chi connectivity index (χ0n) is 22.7. The summed E-state index contributed by atoms with van der Waals surface area (Å²) in [4.78, 5) is 42.2. The fraction of sp³-hybridized carbons (Fsp3) is 0.156. The predicted molar refractivity (Wildman–Crippen MR) is 164 cm³/mol. The Balaban J connectivity index is 1.37. The van der Waals surface area contributed by atoms with Gasteiger partial charge in [0.2, 0.25) is 0 Å². The summed E-state index contributed by atoms with van der Waals surface area (Å²) >= 11 is 6.10. The number of halogens is 1. The van der Waals surface area contributed by atoms with E-state index in [9.17, 15) is 19.7 Å². The van der Waals surface area contributed by atoms with Gasteiger partial charge in [-0.25, -0.2) is 0 Å². The zero-order chi connectivity index (χ0) is 29.4. The Labute approximate surface area is 246 Å². The Kier molecular flexibility index (Phi) is 7.18. The molecule has 210 valence electrons. The van der Waals surface area contributed by atoms with Gasteiger partial charge in [-0.15, -0.1) is 0 Å². The first-order chi connectivity index (χ1) is 20.3. The maximum Gasteiger partial charge on any atom is 0.295 e. The van der Waals surface area contributed by atoms with Crippen LogP contribution < -0.4 is 10.5 Å². The number of hydrogen-bond acceptors (Lipinski definition) is 6. The summed E-state index contributed by atoms with van der Waals surface area (Å²) < 4.78 is 1.12. The Morgan fingerprint density at radius 1 is 0.881 bits per heavy atom. The molecule has 4 aromatic carbocycles. The molecule has 42 heavy (non-hydrogen) atoms. The zero-order valence-corrected chi connectivity index (χ0v) is 23.5. The number of aryl methyl sites for hydroxylation is 1. The van der Waals surface area contributed by atoms with Gasteiger partial charge < -0.3 is 9.80 Å². The number of carbonyl (C=O) groups excluding carboxylic acids is 1. The van der Waals surface area contributed by atoms with Crippen molar-refractivity contribution in [3.63, 3.8) is 0 Å². The molecule has 1 fully saturated rings. The van der Waals surface area contributed by atoms with E-state index in [1.807, 2.05) is 37.3 Å². The minimum absolute atomic E-state index is 0.0271. The molecule has 0 bridgehead atoms. The molecule has 10 heteroatoms. The van der Waals surface area contributed by atoms with Gasteiger partial charge in [0.1, 0.15) is 5.69 Å². The van der Waals surface area contributed by atoms with Crippen molar-refractivity contribution in [2.45, 2.75) is 6.92 Å². The van der Waals surface area contributed by atoms with Crippen molar-refractivity contribution in [1.82, 2.24) is 14.7 Å². The van der Waals surface area contributed by atoms with Crippen LogP contribution in [0.1, 0.15) is 15.9 Å². The average molecular weight is 580 g/mol. The fourth-order valence-electron chi connectivity index (χ4n) is 5.25. The van der Waals surface area contributed by atoms with Gasteiger partial charge in [-0.1, -0.05) is 59.6 Å². The first-order valence-corrected chi connectivity index (χ1v) is 13.9. The molecule has 0 atom stereocenters. The van der Waals surface area contributed by atoms with E-state index >= 15 is 0 Å². The maximum absolute atomic E-state index is 13.7. The number of nitrogens with zero attached hydrogens (tertiary/aromatic N) is 5. The number of piperazine rings is 1. The van der Waals surface area contributed by atoms with Gasteiger partial charge >= 0.3 is 0 Å². The van der Waals surface area contributed by atoms with Gasteiger partial charge in [0.15, 0.2) is 0 Å². The van der Waals surface area contributed by atoms with Gasteiger partial charge in [-0.2, -0.15) is 9.78 Å². The predicted octanol–water partition coefficient (Wildman–Crippen LogP) is 5.89. The smallest absolute Gasteiger partial charge is 0.295 e. The number of hydrogen-bond donors (Lipinski definition) is 0. The number of fused-ring (bicyclic) bond motifs is 1. The summed E-state index contributed by atoms with van der Waals surface area (Å²) in [5.41, 5.74) is 3.03. The Morgan fingerprint density at radius 2 is 1.55 bits per heavy atom. The highest BCUT2D eigenvalue weighted by Crippen LogP contribution is 2.31. The molecule has 1 aliphatic rings. The molecule has 1 saturated heterocycles. The van der Waals surface area contributed by atoms with E-state index in [2.05, 4.69) is 10.00 Å². The van der Waals surface area contributed by atoms with E-state index in [1.165, 1.54) is 6.07 Å². The molecule has 5 aromatic rings. The van der Waals surface area contributed by atoms with Gasteiger partial charge in [0.25, 0.3) is 17.2 Å². The van der Waals surface area contributed by atoms with Crippen molar-refractivity contribution in [1.29, 1.82) is 0 Å². The summed E-state index contributed by atoms with van der Waals surface area (Å²) in [6.07, 6.45) is 0. The number of aromatic nitrogens is 2. The lowest BCUT2D eigenvalue weighted by molar-refractivity contribution is -0.384. The lowest BCUT2D eigenvalue weighted by Crippen LogP contribution is -2.48. The number of carbonyl (C=O) groups is 1. The van der Waals surface area contributed by atoms with Crippen molar-refractivity contribution in [2.75, 3.05) is 31.1 Å². The van der Waals surface area contributed by atoms with Crippen LogP contribution in [0.2, 0.25) is 5.02 Å². The van der Waals surface area contributed by atoms with Gasteiger partial charge in [0.05, 0.1) is 16.0 Å². The molecule has 0 N–H and O–H groups in total. The second-order valence-corrected chi connectivity index (χ2v) is 10.6. The largest absolute Gasteiger partial charge is 0.368 e. The van der Waals surface area contributed by atoms with Crippen LogP contribution in [0.25, 0.3) is 27.7 Å². The number of anilines is 1. The van der Waals surface area contributed by atoms with Gasteiger partial charge in [-0.3, -0.25) is 19.7 Å². The summed E-state index contributed by atoms with van der Waals surface area (Å²) in [6.45, 7) is 4.03. The topological polar surface area (TPSA) is 102 Å². The normalized spacial score (nSPS) is 13.4. The van der Waals surface area contributed by atoms with Crippen LogP contribution in [0, 0.1) is 17.0 Å². The van der Waals surface area contributed by atoms with Crippen molar-refractivity contribution < 1.29 is 9.72 Å². The molecule has 2 heterocycles. The Hall–Kier alpha value is -5.02. The highest BCUT2D eigenvalue weighted by atomic mass is 35.5. The first-order valence-electron chi connectivity index (χ1n) is 13.5. The summed E-state index contributed by atoms with van der Waals surface area (Å²) in [5.74, 6) is -0.0271. The molecular weight excluding hydrogens is 554 g/mol. The summed E-state index contributed by atoms with van der Waals surface area (Å²) in [5, 5.41) is 18.4. The molecule has 0 radical (unpaired) electrons. The number of benzene rings is 4. The lowest BCUT2D eigenvalue weighted by atomic mass is 10.0. The first kappa shape index (κ1) is 27.2. The minimum Gasteiger partial charge on any atom is -0.368 e. The number of nitro benzene ring substituents is 1. The van der Waals surface area contributed by atoms with Crippen LogP contribution in [0.4, 0.5) is 11.4 Å². The molecular formula is C32H26ClN5O4.